The molecule has 1 rings (SSSR count). The van der Waals surface area contributed by atoms with E-state index in [4.69, 9.17) is 0 Å². The summed E-state index contributed by atoms with van der Waals surface area (Å²) in [5.41, 5.74) is 3.87. The van der Waals surface area contributed by atoms with Crippen molar-refractivity contribution in [2.75, 3.05) is 33.1 Å². The Morgan fingerprint density at radius 3 is 2.33 bits per heavy atom. The molecule has 0 aliphatic rings. The number of nitrogens with zero attached hydrogens (tertiary/aromatic N) is 2. The molecule has 1 aromatic carbocycles. The van der Waals surface area contributed by atoms with Gasteiger partial charge in [0.05, 0.1) is 0 Å². The summed E-state index contributed by atoms with van der Waals surface area (Å²) in [6, 6.07) is 6.50. The number of hydrogen-bond acceptors (Lipinski definition) is 2. The highest BCUT2D eigenvalue weighted by molar-refractivity contribution is 5.75. The summed E-state index contributed by atoms with van der Waals surface area (Å²) in [5, 5.41) is 0. The van der Waals surface area contributed by atoms with Crippen LogP contribution in [0.5, 0.6) is 0 Å². The fraction of sp³-hybridized carbons (Fsp3) is 0.533. The third kappa shape index (κ3) is 4.06. The van der Waals surface area contributed by atoms with E-state index in [0.717, 1.165) is 12.8 Å². The Hall–Kier alpha value is -1.51. The molecule has 0 aliphatic heterocycles. The lowest BCUT2D eigenvalue weighted by Gasteiger charge is -2.15. The number of carbonyl (C=O) groups is 1. The average molecular weight is 248 g/mol. The topological polar surface area (TPSA) is 23.6 Å². The van der Waals surface area contributed by atoms with Crippen LogP contribution in [-0.4, -0.2) is 39.0 Å². The van der Waals surface area contributed by atoms with Crippen molar-refractivity contribution in [1.29, 1.82) is 0 Å². The molecular weight excluding hydrogens is 224 g/mol. The Bertz CT molecular complexity index is 411. The van der Waals surface area contributed by atoms with Gasteiger partial charge in [0.25, 0.3) is 0 Å². The normalized spacial score (nSPS) is 10.3. The number of carbonyl (C=O) groups excluding carboxylic acids is 1. The molecule has 0 unspecified atom stereocenters. The van der Waals surface area contributed by atoms with Crippen LogP contribution in [0.15, 0.2) is 18.2 Å². The van der Waals surface area contributed by atoms with Gasteiger partial charge in [-0.3, -0.25) is 4.79 Å². The first-order valence-electron chi connectivity index (χ1n) is 6.39. The van der Waals surface area contributed by atoms with Crippen molar-refractivity contribution in [3.8, 4) is 0 Å². The van der Waals surface area contributed by atoms with Gasteiger partial charge in [-0.05, 0) is 43.0 Å². The van der Waals surface area contributed by atoms with Crippen molar-refractivity contribution < 1.29 is 4.79 Å². The lowest BCUT2D eigenvalue weighted by Crippen LogP contribution is -2.21. The van der Waals surface area contributed by atoms with E-state index in [-0.39, 0.29) is 5.91 Å². The Morgan fingerprint density at radius 1 is 1.17 bits per heavy atom. The van der Waals surface area contributed by atoms with Gasteiger partial charge in [0.15, 0.2) is 0 Å². The molecule has 100 valence electrons. The van der Waals surface area contributed by atoms with Crippen molar-refractivity contribution in [1.82, 2.24) is 4.90 Å². The first kappa shape index (κ1) is 14.6. The predicted octanol–water partition coefficient (Wildman–Crippen LogP) is 2.47. The summed E-state index contributed by atoms with van der Waals surface area (Å²) in [6.07, 6.45) is 2.51. The van der Waals surface area contributed by atoms with Crippen LogP contribution in [0.1, 0.15) is 24.0 Å². The van der Waals surface area contributed by atoms with Gasteiger partial charge in [-0.1, -0.05) is 6.07 Å². The van der Waals surface area contributed by atoms with E-state index in [0.29, 0.717) is 6.42 Å². The van der Waals surface area contributed by atoms with Crippen LogP contribution >= 0.6 is 0 Å². The molecule has 0 heterocycles. The quantitative estimate of drug-likeness (QED) is 0.799. The van der Waals surface area contributed by atoms with Gasteiger partial charge in [0, 0.05) is 40.3 Å². The van der Waals surface area contributed by atoms with Crippen LogP contribution in [0.2, 0.25) is 0 Å². The largest absolute Gasteiger partial charge is 0.378 e. The summed E-state index contributed by atoms with van der Waals surface area (Å²) >= 11 is 0. The maximum atomic E-state index is 11.5. The average Bonchev–Trinajstić information content (AvgIpc) is 2.30. The third-order valence-electron chi connectivity index (χ3n) is 3.18. The zero-order chi connectivity index (χ0) is 13.7. The van der Waals surface area contributed by atoms with Gasteiger partial charge < -0.3 is 9.80 Å². The van der Waals surface area contributed by atoms with Crippen LogP contribution in [0.4, 0.5) is 5.69 Å². The van der Waals surface area contributed by atoms with E-state index in [1.165, 1.54) is 16.8 Å². The highest BCUT2D eigenvalue weighted by atomic mass is 16.2. The first-order chi connectivity index (χ1) is 8.41. The number of benzene rings is 1. The molecule has 3 heteroatoms. The second kappa shape index (κ2) is 6.43. The molecule has 3 nitrogen and oxygen atoms in total. The molecule has 0 atom stereocenters. The van der Waals surface area contributed by atoms with E-state index in [1.807, 2.05) is 14.1 Å². The van der Waals surface area contributed by atoms with Crippen molar-refractivity contribution in [3.05, 3.63) is 29.3 Å². The maximum Gasteiger partial charge on any atom is 0.222 e. The Balaban J connectivity index is 2.56. The number of rotatable bonds is 5. The van der Waals surface area contributed by atoms with E-state index < -0.39 is 0 Å². The molecule has 0 aromatic heterocycles. The number of hydrogen-bond donors (Lipinski definition) is 0. The highest BCUT2D eigenvalue weighted by Crippen LogP contribution is 2.19. The molecule has 0 spiro atoms. The second-order valence-corrected chi connectivity index (χ2v) is 5.15. The molecule has 0 aliphatic carbocycles. The van der Waals surface area contributed by atoms with Crippen LogP contribution in [-0.2, 0) is 11.2 Å². The van der Waals surface area contributed by atoms with Gasteiger partial charge in [-0.25, -0.2) is 0 Å². The molecule has 0 fully saturated rings. The van der Waals surface area contributed by atoms with Crippen molar-refractivity contribution in [2.24, 2.45) is 0 Å². The van der Waals surface area contributed by atoms with Crippen molar-refractivity contribution in [2.45, 2.75) is 26.2 Å². The Kier molecular flexibility index (Phi) is 5.20. The molecule has 18 heavy (non-hydrogen) atoms. The van der Waals surface area contributed by atoms with E-state index in [9.17, 15) is 4.79 Å². The van der Waals surface area contributed by atoms with E-state index in [1.54, 1.807) is 19.0 Å². The van der Waals surface area contributed by atoms with Crippen LogP contribution in [0, 0.1) is 6.92 Å². The summed E-state index contributed by atoms with van der Waals surface area (Å²) < 4.78 is 0. The lowest BCUT2D eigenvalue weighted by molar-refractivity contribution is -0.128. The predicted molar refractivity (Wildman–Crippen MR) is 77.1 cm³/mol. The van der Waals surface area contributed by atoms with Gasteiger partial charge in [-0.15, -0.1) is 0 Å². The molecule has 0 bridgehead atoms. The van der Waals surface area contributed by atoms with Crippen molar-refractivity contribution in [3.63, 3.8) is 0 Å². The van der Waals surface area contributed by atoms with Gasteiger partial charge in [0.2, 0.25) is 5.91 Å². The minimum atomic E-state index is 0.206. The SMILES string of the molecule is Cc1cc(N(C)C)ccc1CCCC(=O)N(C)C. The summed E-state index contributed by atoms with van der Waals surface area (Å²) in [7, 11) is 7.70. The molecular formula is C15H24N2O. The second-order valence-electron chi connectivity index (χ2n) is 5.15. The maximum absolute atomic E-state index is 11.5. The van der Waals surface area contributed by atoms with E-state index >= 15 is 0 Å². The van der Waals surface area contributed by atoms with Crippen LogP contribution < -0.4 is 4.90 Å². The highest BCUT2D eigenvalue weighted by Gasteiger charge is 2.05. The lowest BCUT2D eigenvalue weighted by atomic mass is 10.0. The summed E-state index contributed by atoms with van der Waals surface area (Å²) in [5.74, 6) is 0.206. The standard InChI is InChI=1S/C15H24N2O/c1-12-11-14(16(2)3)10-9-13(12)7-6-8-15(18)17(4)5/h9-11H,6-8H2,1-5H3. The smallest absolute Gasteiger partial charge is 0.222 e. The number of anilines is 1. The summed E-state index contributed by atoms with van der Waals surface area (Å²) in [4.78, 5) is 15.2. The van der Waals surface area contributed by atoms with Gasteiger partial charge in [0.1, 0.15) is 0 Å². The van der Waals surface area contributed by atoms with Crippen LogP contribution in [0.3, 0.4) is 0 Å². The van der Waals surface area contributed by atoms with Crippen molar-refractivity contribution >= 4 is 11.6 Å². The summed E-state index contributed by atoms with van der Waals surface area (Å²) in [6.45, 7) is 2.14. The van der Waals surface area contributed by atoms with Crippen LogP contribution in [0.25, 0.3) is 0 Å². The Morgan fingerprint density at radius 2 is 1.83 bits per heavy atom. The van der Waals surface area contributed by atoms with E-state index in [2.05, 4.69) is 30.0 Å². The Labute approximate surface area is 110 Å². The zero-order valence-corrected chi connectivity index (χ0v) is 12.2. The molecule has 1 amide bonds. The minimum Gasteiger partial charge on any atom is -0.378 e. The molecule has 0 radical (unpaired) electrons. The molecule has 0 N–H and O–H groups in total. The zero-order valence-electron chi connectivity index (χ0n) is 12.2. The molecule has 0 saturated carbocycles. The third-order valence-corrected chi connectivity index (χ3v) is 3.18. The molecule has 0 saturated heterocycles. The minimum absolute atomic E-state index is 0.206. The molecule has 1 aromatic rings. The number of aryl methyl sites for hydroxylation is 2. The van der Waals surface area contributed by atoms with Gasteiger partial charge >= 0.3 is 0 Å². The monoisotopic (exact) mass is 248 g/mol. The fourth-order valence-electron chi connectivity index (χ4n) is 1.89. The first-order valence-corrected chi connectivity index (χ1v) is 6.39. The fourth-order valence-corrected chi connectivity index (χ4v) is 1.89. The van der Waals surface area contributed by atoms with Gasteiger partial charge in [-0.2, -0.15) is 0 Å². The number of amides is 1.